The number of nitro groups is 2. The smallest absolute Gasteiger partial charge is 0.269 e. The van der Waals surface area contributed by atoms with Crippen molar-refractivity contribution in [2.24, 2.45) is 0 Å². The third-order valence-corrected chi connectivity index (χ3v) is 2.39. The largest absolute Gasteiger partial charge is 0.399 e. The summed E-state index contributed by atoms with van der Waals surface area (Å²) in [5, 5.41) is 20.7. The molecule has 0 saturated carbocycles. The van der Waals surface area contributed by atoms with Crippen LogP contribution in [0.15, 0.2) is 48.5 Å². The van der Waals surface area contributed by atoms with Gasteiger partial charge >= 0.3 is 0 Å². The molecule has 0 radical (unpaired) electrons. The van der Waals surface area contributed by atoms with Crippen LogP contribution in [-0.4, -0.2) is 9.85 Å². The van der Waals surface area contributed by atoms with Gasteiger partial charge in [-0.15, -0.1) is 24.0 Å². The summed E-state index contributed by atoms with van der Waals surface area (Å²) >= 11 is 9.73. The first-order valence-electron chi connectivity index (χ1n) is 7.44. The van der Waals surface area contributed by atoms with Crippen LogP contribution in [0.4, 0.5) is 17.1 Å². The number of rotatable bonds is 2. The van der Waals surface area contributed by atoms with Gasteiger partial charge in [-0.2, -0.15) is 0 Å². The van der Waals surface area contributed by atoms with Crippen LogP contribution in [0.5, 0.6) is 0 Å². The van der Waals surface area contributed by atoms with Crippen molar-refractivity contribution in [3.8, 4) is 0 Å². The van der Waals surface area contributed by atoms with Gasteiger partial charge in [0.2, 0.25) is 0 Å². The number of hydrogen-bond donors (Lipinski definition) is 2. The molecule has 0 amide bonds. The predicted octanol–water partition coefficient (Wildman–Crippen LogP) is 8.03. The lowest BCUT2D eigenvalue weighted by molar-refractivity contribution is -0.385. The maximum Gasteiger partial charge on any atom is 0.269 e. The van der Waals surface area contributed by atoms with Crippen LogP contribution in [0.2, 0.25) is 5.02 Å². The van der Waals surface area contributed by atoms with Crippen molar-refractivity contribution in [3.05, 3.63) is 73.8 Å². The minimum absolute atomic E-state index is 0. The van der Waals surface area contributed by atoms with Gasteiger partial charge in [-0.3, -0.25) is 20.2 Å². The number of nitrogen functional groups attached to an aromatic ring is 1. The molecule has 0 aliphatic heterocycles. The minimum Gasteiger partial charge on any atom is -0.399 e. The Bertz CT molecular complexity index is 563. The van der Waals surface area contributed by atoms with Crippen LogP contribution >= 0.6 is 72.8 Å². The number of nitrogens with zero attached hydrogens (tertiary/aromatic N) is 2. The molecule has 2 aromatic carbocycles. The standard InChI is InChI=1S/C6H4ClNO2.C6H6N2O2.2C2H6.I2.HI.H3N/c2*7-5-1-3-6(4-2-5)8(9)10;3*1-2;;/h1-4H;1-4H,7H2;2*1-2H3;;1H;1H3. The minimum atomic E-state index is -0.462. The van der Waals surface area contributed by atoms with Crippen LogP contribution in [0.3, 0.4) is 0 Å². The van der Waals surface area contributed by atoms with E-state index in [4.69, 9.17) is 17.3 Å². The molecule has 5 N–H and O–H groups in total. The van der Waals surface area contributed by atoms with E-state index >= 15 is 0 Å². The topological polar surface area (TPSA) is 147 Å². The maximum atomic E-state index is 10.1. The number of nitrogens with two attached hydrogens (primary N) is 1. The Hall–Kier alpha value is -0.520. The van der Waals surface area contributed by atoms with Crippen molar-refractivity contribution >= 4 is 89.9 Å². The molecule has 0 bridgehead atoms. The summed E-state index contributed by atoms with van der Waals surface area (Å²) in [6.45, 7) is 8.00. The molecule has 0 aliphatic rings. The van der Waals surface area contributed by atoms with Gasteiger partial charge in [-0.1, -0.05) is 39.3 Å². The average Bonchev–Trinajstić information content (AvgIpc) is 2.68. The molecule has 0 spiro atoms. The van der Waals surface area contributed by atoms with E-state index < -0.39 is 9.85 Å². The molecule has 0 fully saturated rings. The van der Waals surface area contributed by atoms with E-state index in [0.29, 0.717) is 10.7 Å². The first kappa shape index (κ1) is 38.1. The maximum absolute atomic E-state index is 10.1. The summed E-state index contributed by atoms with van der Waals surface area (Å²) in [7, 11) is 0. The number of nitro benzene ring substituents is 2. The Morgan fingerprint density at radius 1 is 0.786 bits per heavy atom. The van der Waals surface area contributed by atoms with E-state index in [9.17, 15) is 20.2 Å². The molecule has 0 heterocycles. The highest BCUT2D eigenvalue weighted by Crippen LogP contribution is 2.14. The second kappa shape index (κ2) is 26.5. The monoisotopic (exact) mass is 754 g/mol. The summed E-state index contributed by atoms with van der Waals surface area (Å²) in [6, 6.07) is 11.4. The second-order valence-corrected chi connectivity index (χ2v) is 4.02. The lowest BCUT2D eigenvalue weighted by atomic mass is 10.3. The quantitative estimate of drug-likeness (QED) is 0.137. The Morgan fingerprint density at radius 3 is 1.29 bits per heavy atom. The van der Waals surface area contributed by atoms with Crippen LogP contribution in [-0.2, 0) is 0 Å². The highest BCUT2D eigenvalue weighted by Gasteiger charge is 2.01. The van der Waals surface area contributed by atoms with Gasteiger partial charge in [0.05, 0.1) is 9.85 Å². The lowest BCUT2D eigenvalue weighted by Crippen LogP contribution is -1.88. The van der Waals surface area contributed by atoms with E-state index in [1.165, 1.54) is 48.5 Å². The average molecular weight is 755 g/mol. The Balaban J connectivity index is -0.0000000940. The number of non-ortho nitro benzene ring substituents is 2. The molecule has 28 heavy (non-hydrogen) atoms. The van der Waals surface area contributed by atoms with Gasteiger partial charge in [0.25, 0.3) is 11.4 Å². The fourth-order valence-corrected chi connectivity index (χ4v) is 1.28. The van der Waals surface area contributed by atoms with E-state index in [1.54, 1.807) is 0 Å². The number of halogens is 4. The van der Waals surface area contributed by atoms with Crippen molar-refractivity contribution in [1.29, 1.82) is 0 Å². The summed E-state index contributed by atoms with van der Waals surface area (Å²) in [6.07, 6.45) is 0. The summed E-state index contributed by atoms with van der Waals surface area (Å²) < 4.78 is 0. The molecule has 0 unspecified atom stereocenters. The molecule has 0 saturated heterocycles. The van der Waals surface area contributed by atoms with Crippen molar-refractivity contribution in [3.63, 3.8) is 0 Å². The van der Waals surface area contributed by atoms with E-state index in [0.717, 1.165) is 0 Å². The van der Waals surface area contributed by atoms with Crippen LogP contribution in [0.1, 0.15) is 27.7 Å². The van der Waals surface area contributed by atoms with Crippen molar-refractivity contribution in [2.75, 3.05) is 5.73 Å². The molecule has 2 aromatic rings. The van der Waals surface area contributed by atoms with Crippen molar-refractivity contribution in [2.45, 2.75) is 27.7 Å². The Labute approximate surface area is 211 Å². The zero-order chi connectivity index (χ0) is 21.1. The van der Waals surface area contributed by atoms with E-state index in [2.05, 4.69) is 37.2 Å². The third-order valence-electron chi connectivity index (χ3n) is 2.14. The fourth-order valence-electron chi connectivity index (χ4n) is 1.16. The summed E-state index contributed by atoms with van der Waals surface area (Å²) in [5.74, 6) is 0. The van der Waals surface area contributed by atoms with E-state index in [1.807, 2.05) is 27.7 Å². The molecule has 0 atom stereocenters. The zero-order valence-corrected chi connectivity index (χ0v) is 23.4. The number of hydrogen-bond acceptors (Lipinski definition) is 6. The molecule has 12 heteroatoms. The number of benzene rings is 2. The first-order chi connectivity index (χ1) is 12.4. The molecule has 2 rings (SSSR count). The SMILES string of the molecule is CC.CC.I.II.N.Nc1ccc([N+](=O)[O-])cc1.O=[N+]([O-])c1ccc(Cl)cc1. The van der Waals surface area contributed by atoms with Crippen LogP contribution in [0.25, 0.3) is 0 Å². The summed E-state index contributed by atoms with van der Waals surface area (Å²) in [5.41, 5.74) is 5.96. The van der Waals surface area contributed by atoms with Crippen LogP contribution < -0.4 is 11.9 Å². The Morgan fingerprint density at radius 2 is 1.04 bits per heavy atom. The van der Waals surface area contributed by atoms with Crippen molar-refractivity contribution in [1.82, 2.24) is 6.15 Å². The van der Waals surface area contributed by atoms with Gasteiger partial charge in [-0.25, -0.2) is 0 Å². The predicted molar refractivity (Wildman–Crippen MR) is 147 cm³/mol. The second-order valence-electron chi connectivity index (χ2n) is 3.58. The van der Waals surface area contributed by atoms with Gasteiger partial charge in [0.1, 0.15) is 0 Å². The van der Waals surface area contributed by atoms with Crippen molar-refractivity contribution < 1.29 is 9.85 Å². The highest BCUT2D eigenvalue weighted by atomic mass is 128. The van der Waals surface area contributed by atoms with Gasteiger partial charge in [-0.05, 0) is 24.3 Å². The molecule has 8 nitrogen and oxygen atoms in total. The number of anilines is 1. The van der Waals surface area contributed by atoms with Crippen LogP contribution in [0, 0.1) is 20.2 Å². The molecule has 0 aromatic heterocycles. The van der Waals surface area contributed by atoms with E-state index in [-0.39, 0.29) is 41.5 Å². The first-order valence-corrected chi connectivity index (χ1v) is 14.1. The normalized spacial score (nSPS) is 7.25. The Kier molecular flexibility index (Phi) is 36.1. The molecular weight excluding hydrogens is 728 g/mol. The van der Waals surface area contributed by atoms with Gasteiger partial charge in [0, 0.05) is 72.2 Å². The highest BCUT2D eigenvalue weighted by molar-refractivity contribution is 15.0. The zero-order valence-electron chi connectivity index (χ0n) is 16.0. The summed E-state index contributed by atoms with van der Waals surface area (Å²) in [4.78, 5) is 19.2. The molecule has 0 aliphatic carbocycles. The molecule has 162 valence electrons. The lowest BCUT2D eigenvalue weighted by Gasteiger charge is -1.90. The van der Waals surface area contributed by atoms with Gasteiger partial charge < -0.3 is 11.9 Å². The molecular formula is C16H26ClI3N4O4. The third kappa shape index (κ3) is 20.2. The van der Waals surface area contributed by atoms with Gasteiger partial charge in [0.15, 0.2) is 0 Å². The fraction of sp³-hybridized carbons (Fsp3) is 0.250.